The van der Waals surface area contributed by atoms with Crippen molar-refractivity contribution in [3.8, 4) is 5.75 Å². The predicted octanol–water partition coefficient (Wildman–Crippen LogP) is 5.32. The van der Waals surface area contributed by atoms with Gasteiger partial charge >= 0.3 is 6.18 Å². The van der Waals surface area contributed by atoms with Crippen molar-refractivity contribution < 1.29 is 36.6 Å². The van der Waals surface area contributed by atoms with Crippen molar-refractivity contribution in [3.05, 3.63) is 101 Å². The topological polar surface area (TPSA) is 71.4 Å². The summed E-state index contributed by atoms with van der Waals surface area (Å²) in [5.41, 5.74) is 0.977. The number of carbonyl (C=O) groups is 2. The molecule has 0 aliphatic carbocycles. The Balaban J connectivity index is 1.64. The molecule has 0 spiro atoms. The van der Waals surface area contributed by atoms with Crippen LogP contribution in [0.2, 0.25) is 0 Å². The number of benzene rings is 3. The molecule has 3 aromatic carbocycles. The van der Waals surface area contributed by atoms with E-state index in [0.717, 1.165) is 24.3 Å². The fraction of sp³-hybridized carbons (Fsp3) is 0.276. The molecule has 1 unspecified atom stereocenters. The van der Waals surface area contributed by atoms with E-state index in [1.165, 1.54) is 36.3 Å². The van der Waals surface area contributed by atoms with Crippen LogP contribution in [-0.2, 0) is 15.7 Å². The number of methoxy groups -OCH3 is 2. The maximum Gasteiger partial charge on any atom is 0.416 e. The van der Waals surface area contributed by atoms with Gasteiger partial charge in [-0.25, -0.2) is 9.40 Å². The van der Waals surface area contributed by atoms with Crippen molar-refractivity contribution in [1.82, 2.24) is 9.91 Å². The van der Waals surface area contributed by atoms with E-state index in [9.17, 15) is 27.2 Å². The molecule has 2 amide bonds. The third-order valence-corrected chi connectivity index (χ3v) is 6.48. The highest BCUT2D eigenvalue weighted by molar-refractivity contribution is 6.03. The lowest BCUT2D eigenvalue weighted by Gasteiger charge is -2.27. The summed E-state index contributed by atoms with van der Waals surface area (Å²) < 4.78 is 63.1. The monoisotopic (exact) mass is 557 g/mol. The minimum absolute atomic E-state index is 0.00453. The number of nitrogens with zero attached hydrogens (tertiary/aromatic N) is 3. The van der Waals surface area contributed by atoms with Crippen LogP contribution in [0.1, 0.15) is 39.5 Å². The van der Waals surface area contributed by atoms with Gasteiger partial charge in [-0.3, -0.25) is 9.59 Å². The normalized spacial score (nSPS) is 15.1. The summed E-state index contributed by atoms with van der Waals surface area (Å²) in [4.78, 5) is 28.2. The SMILES string of the molecule is COCCN(CC(=O)N1N=C(c2ccc(F)cc2)CC1c1ccccc1OC)C(=O)c1ccc(C(F)(F)F)cc1. The molecule has 1 atom stereocenters. The number of halogens is 4. The Morgan fingerprint density at radius 3 is 2.30 bits per heavy atom. The fourth-order valence-corrected chi connectivity index (χ4v) is 4.42. The predicted molar refractivity (Wildman–Crippen MR) is 139 cm³/mol. The van der Waals surface area contributed by atoms with Crippen LogP contribution < -0.4 is 4.74 Å². The van der Waals surface area contributed by atoms with Gasteiger partial charge in [0.05, 0.1) is 31.0 Å². The number of alkyl halides is 3. The lowest BCUT2D eigenvalue weighted by atomic mass is 9.97. The van der Waals surface area contributed by atoms with Gasteiger partial charge in [0.2, 0.25) is 0 Å². The molecule has 3 aromatic rings. The highest BCUT2D eigenvalue weighted by atomic mass is 19.4. The first-order chi connectivity index (χ1) is 19.1. The molecule has 0 radical (unpaired) electrons. The van der Waals surface area contributed by atoms with E-state index in [4.69, 9.17) is 9.47 Å². The van der Waals surface area contributed by atoms with E-state index in [1.54, 1.807) is 30.3 Å². The van der Waals surface area contributed by atoms with Crippen LogP contribution in [0.5, 0.6) is 5.75 Å². The highest BCUT2D eigenvalue weighted by Gasteiger charge is 2.36. The quantitative estimate of drug-likeness (QED) is 0.334. The van der Waals surface area contributed by atoms with Crippen molar-refractivity contribution in [2.45, 2.75) is 18.6 Å². The molecular formula is C29H27F4N3O4. The van der Waals surface area contributed by atoms with Gasteiger partial charge in [0.25, 0.3) is 11.8 Å². The Kier molecular flexibility index (Phi) is 8.83. The summed E-state index contributed by atoms with van der Waals surface area (Å²) in [7, 11) is 2.94. The molecule has 0 N–H and O–H groups in total. The Morgan fingerprint density at radius 2 is 1.68 bits per heavy atom. The van der Waals surface area contributed by atoms with Gasteiger partial charge in [-0.2, -0.15) is 18.3 Å². The summed E-state index contributed by atoms with van der Waals surface area (Å²) in [6, 6.07) is 16.1. The summed E-state index contributed by atoms with van der Waals surface area (Å²) in [6.07, 6.45) is -4.24. The van der Waals surface area contributed by atoms with Gasteiger partial charge in [0.1, 0.15) is 18.1 Å². The van der Waals surface area contributed by atoms with Crippen molar-refractivity contribution in [3.63, 3.8) is 0 Å². The van der Waals surface area contributed by atoms with Crippen LogP contribution in [0.25, 0.3) is 0 Å². The molecule has 1 heterocycles. The van der Waals surface area contributed by atoms with Gasteiger partial charge < -0.3 is 14.4 Å². The zero-order chi connectivity index (χ0) is 28.9. The van der Waals surface area contributed by atoms with E-state index in [0.29, 0.717) is 29.0 Å². The molecule has 40 heavy (non-hydrogen) atoms. The summed E-state index contributed by atoms with van der Waals surface area (Å²) in [5, 5.41) is 5.83. The van der Waals surface area contributed by atoms with E-state index in [-0.39, 0.29) is 18.7 Å². The molecule has 0 fully saturated rings. The minimum atomic E-state index is -4.54. The second-order valence-electron chi connectivity index (χ2n) is 9.05. The van der Waals surface area contributed by atoms with Crippen LogP contribution in [0.4, 0.5) is 17.6 Å². The molecule has 210 valence electrons. The van der Waals surface area contributed by atoms with Gasteiger partial charge in [-0.05, 0) is 48.0 Å². The molecule has 0 bridgehead atoms. The van der Waals surface area contributed by atoms with Crippen LogP contribution in [-0.4, -0.2) is 61.4 Å². The van der Waals surface area contributed by atoms with E-state index in [2.05, 4.69) is 5.10 Å². The Hall–Kier alpha value is -4.25. The van der Waals surface area contributed by atoms with Crippen molar-refractivity contribution >= 4 is 17.5 Å². The number of para-hydroxylation sites is 1. The molecule has 4 rings (SSSR count). The Labute approximate surface area is 228 Å². The Morgan fingerprint density at radius 1 is 1.00 bits per heavy atom. The summed E-state index contributed by atoms with van der Waals surface area (Å²) in [5.74, 6) is -1.02. The van der Waals surface area contributed by atoms with E-state index in [1.807, 2.05) is 6.07 Å². The third kappa shape index (κ3) is 6.48. The molecule has 1 aliphatic rings. The molecule has 11 heteroatoms. The van der Waals surface area contributed by atoms with Gasteiger partial charge in [0, 0.05) is 31.2 Å². The maximum atomic E-state index is 13.7. The number of amides is 2. The van der Waals surface area contributed by atoms with Crippen molar-refractivity contribution in [2.24, 2.45) is 5.10 Å². The van der Waals surface area contributed by atoms with E-state index < -0.39 is 42.0 Å². The standard InChI is InChI=1S/C29H27F4N3O4/c1-39-16-15-35(28(38)20-7-11-21(12-8-20)29(31,32)33)18-27(37)36-25(23-5-3-4-6-26(23)40-2)17-24(34-36)19-9-13-22(30)14-10-19/h3-14,25H,15-18H2,1-2H3. The maximum absolute atomic E-state index is 13.7. The highest BCUT2D eigenvalue weighted by Crippen LogP contribution is 2.37. The summed E-state index contributed by atoms with van der Waals surface area (Å²) >= 11 is 0. The number of hydrogen-bond donors (Lipinski definition) is 0. The zero-order valence-corrected chi connectivity index (χ0v) is 21.8. The van der Waals surface area contributed by atoms with Gasteiger partial charge in [-0.1, -0.05) is 30.3 Å². The van der Waals surface area contributed by atoms with E-state index >= 15 is 0 Å². The summed E-state index contributed by atoms with van der Waals surface area (Å²) in [6.45, 7) is -0.293. The van der Waals surface area contributed by atoms with Crippen LogP contribution >= 0.6 is 0 Å². The molecular weight excluding hydrogens is 530 g/mol. The molecule has 0 saturated heterocycles. The Bertz CT molecular complexity index is 1380. The van der Waals surface area contributed by atoms with Crippen molar-refractivity contribution in [2.75, 3.05) is 33.9 Å². The first kappa shape index (κ1) is 28.8. The molecule has 7 nitrogen and oxygen atoms in total. The second-order valence-corrected chi connectivity index (χ2v) is 9.05. The van der Waals surface area contributed by atoms with Gasteiger partial charge in [0.15, 0.2) is 0 Å². The van der Waals surface area contributed by atoms with Crippen LogP contribution in [0.15, 0.2) is 77.9 Å². The first-order valence-electron chi connectivity index (χ1n) is 12.4. The smallest absolute Gasteiger partial charge is 0.416 e. The molecule has 0 saturated carbocycles. The van der Waals surface area contributed by atoms with Crippen LogP contribution in [0.3, 0.4) is 0 Å². The van der Waals surface area contributed by atoms with Crippen molar-refractivity contribution in [1.29, 1.82) is 0 Å². The number of rotatable bonds is 9. The lowest BCUT2D eigenvalue weighted by Crippen LogP contribution is -2.42. The largest absolute Gasteiger partial charge is 0.496 e. The zero-order valence-electron chi connectivity index (χ0n) is 21.8. The average Bonchev–Trinajstić information content (AvgIpc) is 3.40. The number of carbonyl (C=O) groups excluding carboxylic acids is 2. The fourth-order valence-electron chi connectivity index (χ4n) is 4.42. The lowest BCUT2D eigenvalue weighted by molar-refractivity contribution is -0.137. The van der Waals surface area contributed by atoms with Gasteiger partial charge in [-0.15, -0.1) is 0 Å². The van der Waals surface area contributed by atoms with Crippen LogP contribution in [0, 0.1) is 5.82 Å². The number of hydrogen-bond acceptors (Lipinski definition) is 5. The molecule has 0 aromatic heterocycles. The third-order valence-electron chi connectivity index (χ3n) is 6.48. The minimum Gasteiger partial charge on any atom is -0.496 e. The molecule has 1 aliphatic heterocycles. The average molecular weight is 558 g/mol. The number of ether oxygens (including phenoxy) is 2. The second kappa shape index (κ2) is 12.3. The number of hydrazone groups is 1. The first-order valence-corrected chi connectivity index (χ1v) is 12.4.